The van der Waals surface area contributed by atoms with Crippen LogP contribution in [-0.4, -0.2) is 23.4 Å². The molecule has 7 nitrogen and oxygen atoms in total. The van der Waals surface area contributed by atoms with Gasteiger partial charge < -0.3 is 5.73 Å². The minimum absolute atomic E-state index is 0.0857. The number of nitrogens with one attached hydrogen (secondary N) is 1. The molecule has 100 valence electrons. The van der Waals surface area contributed by atoms with E-state index in [2.05, 4.69) is 51.5 Å². The van der Waals surface area contributed by atoms with Crippen molar-refractivity contribution in [2.45, 2.75) is 4.90 Å². The molecular weight excluding hydrogens is 402 g/mol. The fourth-order valence-electron chi connectivity index (χ4n) is 1.20. The molecule has 2 rings (SSSR count). The summed E-state index contributed by atoms with van der Waals surface area (Å²) < 4.78 is 27.5. The number of nitrogens with zero attached hydrogens (tertiary/aromatic N) is 3. The molecule has 2 aromatic rings. The number of halogens is 2. The highest BCUT2D eigenvalue weighted by atomic mass is 79.9. The molecule has 0 aromatic carbocycles. The second-order valence-electron chi connectivity index (χ2n) is 3.37. The van der Waals surface area contributed by atoms with E-state index in [0.717, 1.165) is 0 Å². The second kappa shape index (κ2) is 5.39. The summed E-state index contributed by atoms with van der Waals surface area (Å²) >= 11 is 6.24. The van der Waals surface area contributed by atoms with Crippen molar-refractivity contribution in [2.75, 3.05) is 10.5 Å². The summed E-state index contributed by atoms with van der Waals surface area (Å²) in [5, 5.41) is 0. The number of rotatable bonds is 3. The maximum atomic E-state index is 12.1. The van der Waals surface area contributed by atoms with Crippen LogP contribution in [0.3, 0.4) is 0 Å². The van der Waals surface area contributed by atoms with Gasteiger partial charge in [0, 0.05) is 10.7 Å². The number of hydrogen-bond acceptors (Lipinski definition) is 6. The van der Waals surface area contributed by atoms with E-state index >= 15 is 0 Å². The quantitative estimate of drug-likeness (QED) is 0.800. The third kappa shape index (κ3) is 3.39. The lowest BCUT2D eigenvalue weighted by Gasteiger charge is -2.08. The zero-order valence-corrected chi connectivity index (χ0v) is 13.2. The number of anilines is 2. The Morgan fingerprint density at radius 1 is 1.11 bits per heavy atom. The first-order valence-electron chi connectivity index (χ1n) is 4.80. The predicted molar refractivity (Wildman–Crippen MR) is 76.9 cm³/mol. The topological polar surface area (TPSA) is 111 Å². The first kappa shape index (κ1) is 14.2. The number of sulfonamides is 1. The molecule has 0 saturated heterocycles. The minimum Gasteiger partial charge on any atom is -0.383 e. The summed E-state index contributed by atoms with van der Waals surface area (Å²) in [6.07, 6.45) is 4.07. The third-order valence-corrected chi connectivity index (χ3v) is 4.22. The van der Waals surface area contributed by atoms with E-state index < -0.39 is 10.0 Å². The van der Waals surface area contributed by atoms with Crippen molar-refractivity contribution in [3.63, 3.8) is 0 Å². The Morgan fingerprint density at radius 2 is 1.84 bits per heavy atom. The van der Waals surface area contributed by atoms with Gasteiger partial charge in [-0.05, 0) is 37.9 Å². The molecule has 19 heavy (non-hydrogen) atoms. The highest BCUT2D eigenvalue weighted by Crippen LogP contribution is 2.22. The first-order valence-corrected chi connectivity index (χ1v) is 7.87. The lowest BCUT2D eigenvalue weighted by Crippen LogP contribution is -2.16. The van der Waals surface area contributed by atoms with Gasteiger partial charge in [0.2, 0.25) is 0 Å². The van der Waals surface area contributed by atoms with Gasteiger partial charge in [0.25, 0.3) is 10.0 Å². The molecule has 0 atom stereocenters. The van der Waals surface area contributed by atoms with Gasteiger partial charge in [-0.25, -0.2) is 23.4 Å². The maximum Gasteiger partial charge on any atom is 0.266 e. The summed E-state index contributed by atoms with van der Waals surface area (Å²) in [7, 11) is -3.86. The van der Waals surface area contributed by atoms with E-state index in [-0.39, 0.29) is 16.5 Å². The lowest BCUT2D eigenvalue weighted by atomic mass is 10.5. The molecular formula is C9H7Br2N5O2S. The SMILES string of the molecule is Nc1ncc(Br)cc1S(=O)(=O)Nc1cnc(Br)cn1. The average molecular weight is 409 g/mol. The Bertz CT molecular complexity index is 705. The summed E-state index contributed by atoms with van der Waals surface area (Å²) in [5.74, 6) is -0.0108. The van der Waals surface area contributed by atoms with Crippen molar-refractivity contribution in [2.24, 2.45) is 0 Å². The second-order valence-corrected chi connectivity index (χ2v) is 6.75. The Morgan fingerprint density at radius 3 is 2.47 bits per heavy atom. The zero-order chi connectivity index (χ0) is 14.0. The third-order valence-electron chi connectivity index (χ3n) is 2.00. The summed E-state index contributed by atoms with van der Waals surface area (Å²) in [4.78, 5) is 11.4. The molecule has 10 heteroatoms. The summed E-state index contributed by atoms with van der Waals surface area (Å²) in [5.41, 5.74) is 5.56. The van der Waals surface area contributed by atoms with Crippen molar-refractivity contribution >= 4 is 53.5 Å². The predicted octanol–water partition coefficient (Wildman–Crippen LogP) is 1.78. The van der Waals surface area contributed by atoms with Crippen molar-refractivity contribution in [1.82, 2.24) is 15.0 Å². The van der Waals surface area contributed by atoms with Crippen LogP contribution in [0.5, 0.6) is 0 Å². The monoisotopic (exact) mass is 407 g/mol. The zero-order valence-electron chi connectivity index (χ0n) is 9.21. The van der Waals surface area contributed by atoms with Crippen LogP contribution in [0.25, 0.3) is 0 Å². The lowest BCUT2D eigenvalue weighted by molar-refractivity contribution is 0.601. The van der Waals surface area contributed by atoms with Crippen LogP contribution in [0.4, 0.5) is 11.6 Å². The fraction of sp³-hybridized carbons (Fsp3) is 0. The van der Waals surface area contributed by atoms with Crippen molar-refractivity contribution in [3.05, 3.63) is 33.7 Å². The normalized spacial score (nSPS) is 11.3. The van der Waals surface area contributed by atoms with Gasteiger partial charge in [0.1, 0.15) is 15.3 Å². The van der Waals surface area contributed by atoms with Crippen LogP contribution in [0, 0.1) is 0 Å². The molecule has 0 radical (unpaired) electrons. The molecule has 0 spiro atoms. The average Bonchev–Trinajstić information content (AvgIpc) is 2.35. The first-order chi connectivity index (χ1) is 8.88. The van der Waals surface area contributed by atoms with E-state index in [9.17, 15) is 8.42 Å². The largest absolute Gasteiger partial charge is 0.383 e. The minimum atomic E-state index is -3.86. The highest BCUT2D eigenvalue weighted by Gasteiger charge is 2.19. The standard InChI is InChI=1S/C9H7Br2N5O2S/c10-5-1-6(9(12)15-2-5)19(17,18)16-8-4-13-7(11)3-14-8/h1-4H,(H2,12,15)(H,14,16). The van der Waals surface area contributed by atoms with Gasteiger partial charge in [0.15, 0.2) is 5.82 Å². The van der Waals surface area contributed by atoms with E-state index in [4.69, 9.17) is 5.73 Å². The molecule has 2 heterocycles. The van der Waals surface area contributed by atoms with E-state index in [1.165, 1.54) is 24.7 Å². The van der Waals surface area contributed by atoms with Crippen molar-refractivity contribution in [3.8, 4) is 0 Å². The number of nitrogen functional groups attached to an aromatic ring is 1. The molecule has 0 amide bonds. The Hall–Kier alpha value is -1.26. The van der Waals surface area contributed by atoms with Gasteiger partial charge in [-0.15, -0.1) is 0 Å². The van der Waals surface area contributed by atoms with Crippen LogP contribution >= 0.6 is 31.9 Å². The Balaban J connectivity index is 2.37. The van der Waals surface area contributed by atoms with Gasteiger partial charge >= 0.3 is 0 Å². The number of aromatic nitrogens is 3. The number of nitrogens with two attached hydrogens (primary N) is 1. The Kier molecular flexibility index (Phi) is 4.02. The molecule has 0 aliphatic heterocycles. The molecule has 0 aliphatic carbocycles. The highest BCUT2D eigenvalue weighted by molar-refractivity contribution is 9.10. The maximum absolute atomic E-state index is 12.1. The molecule has 0 aliphatic rings. The van der Waals surface area contributed by atoms with Crippen LogP contribution in [0.2, 0.25) is 0 Å². The molecule has 3 N–H and O–H groups in total. The van der Waals surface area contributed by atoms with E-state index in [1.807, 2.05) is 0 Å². The van der Waals surface area contributed by atoms with Crippen LogP contribution < -0.4 is 10.5 Å². The van der Waals surface area contributed by atoms with Gasteiger partial charge in [-0.3, -0.25) is 4.72 Å². The van der Waals surface area contributed by atoms with Crippen LogP contribution in [-0.2, 0) is 10.0 Å². The van der Waals surface area contributed by atoms with Gasteiger partial charge in [0.05, 0.1) is 12.4 Å². The molecule has 0 saturated carbocycles. The number of hydrogen-bond donors (Lipinski definition) is 2. The van der Waals surface area contributed by atoms with E-state index in [1.54, 1.807) is 0 Å². The van der Waals surface area contributed by atoms with Gasteiger partial charge in [-0.1, -0.05) is 0 Å². The summed E-state index contributed by atoms with van der Waals surface area (Å²) in [6, 6.07) is 1.36. The Labute approximate surface area is 126 Å². The fourth-order valence-corrected chi connectivity index (χ4v) is 2.99. The van der Waals surface area contributed by atoms with Crippen molar-refractivity contribution in [1.29, 1.82) is 0 Å². The smallest absolute Gasteiger partial charge is 0.266 e. The molecule has 0 bridgehead atoms. The molecule has 0 fully saturated rings. The molecule has 2 aromatic heterocycles. The van der Waals surface area contributed by atoms with E-state index in [0.29, 0.717) is 9.08 Å². The molecule has 0 unspecified atom stereocenters. The van der Waals surface area contributed by atoms with Crippen LogP contribution in [0.15, 0.2) is 38.6 Å². The van der Waals surface area contributed by atoms with Crippen LogP contribution in [0.1, 0.15) is 0 Å². The van der Waals surface area contributed by atoms with Crippen molar-refractivity contribution < 1.29 is 8.42 Å². The van der Waals surface area contributed by atoms with Gasteiger partial charge in [-0.2, -0.15) is 0 Å². The summed E-state index contributed by atoms with van der Waals surface area (Å²) in [6.45, 7) is 0. The number of pyridine rings is 1.